The van der Waals surface area contributed by atoms with Gasteiger partial charge in [0.1, 0.15) is 0 Å². The Labute approximate surface area is 69.4 Å². The number of rotatable bonds is 6. The summed E-state index contributed by atoms with van der Waals surface area (Å²) in [6.45, 7) is 6.54. The molecule has 0 heterocycles. The number of hydrogen-bond acceptors (Lipinski definition) is 2. The molecule has 2 nitrogen and oxygen atoms in total. The third kappa shape index (κ3) is 9.66. The molecule has 0 aliphatic rings. The molecule has 0 bridgehead atoms. The van der Waals surface area contributed by atoms with E-state index >= 15 is 0 Å². The monoisotopic (exact) mass is 157 g/mol. The van der Waals surface area contributed by atoms with Gasteiger partial charge in [0.2, 0.25) is 0 Å². The first-order valence-corrected chi connectivity index (χ1v) is 4.20. The molecule has 0 aliphatic heterocycles. The fraction of sp³-hybridized carbons (Fsp3) is 0.778. The second kappa shape index (κ2) is 7.76. The van der Waals surface area contributed by atoms with Gasteiger partial charge >= 0.3 is 0 Å². The fourth-order valence-corrected chi connectivity index (χ4v) is 0.635. The van der Waals surface area contributed by atoms with E-state index in [1.54, 1.807) is 0 Å². The van der Waals surface area contributed by atoms with E-state index in [1.807, 2.05) is 12.2 Å². The molecule has 0 atom stereocenters. The lowest BCUT2D eigenvalue weighted by molar-refractivity contribution is 0.149. The molecular formula is C9H19NO. The quantitative estimate of drug-likeness (QED) is 0.469. The van der Waals surface area contributed by atoms with Gasteiger partial charge in [-0.25, -0.2) is 0 Å². The zero-order chi connectivity index (χ0) is 8.53. The van der Waals surface area contributed by atoms with Crippen LogP contribution < -0.4 is 5.73 Å². The highest BCUT2D eigenvalue weighted by Gasteiger charge is 1.91. The van der Waals surface area contributed by atoms with E-state index in [-0.39, 0.29) is 0 Å². The van der Waals surface area contributed by atoms with E-state index < -0.39 is 0 Å². The minimum Gasteiger partial charge on any atom is -0.377 e. The first-order chi connectivity index (χ1) is 5.27. The predicted molar refractivity (Wildman–Crippen MR) is 48.5 cm³/mol. The van der Waals surface area contributed by atoms with Gasteiger partial charge in [0.15, 0.2) is 0 Å². The van der Waals surface area contributed by atoms with Crippen LogP contribution in [0.5, 0.6) is 0 Å². The lowest BCUT2D eigenvalue weighted by Gasteiger charge is -2.03. The summed E-state index contributed by atoms with van der Waals surface area (Å²) in [5.74, 6) is 0.730. The Balaban J connectivity index is 2.96. The average Bonchev–Trinajstić information content (AvgIpc) is 1.96. The van der Waals surface area contributed by atoms with Gasteiger partial charge in [-0.05, 0) is 12.3 Å². The SMILES string of the molecule is CC(C)CCOCC=CCN. The van der Waals surface area contributed by atoms with Crippen molar-refractivity contribution in [3.05, 3.63) is 12.2 Å². The summed E-state index contributed by atoms with van der Waals surface area (Å²) in [6, 6.07) is 0. The minimum atomic E-state index is 0.605. The topological polar surface area (TPSA) is 35.2 Å². The highest BCUT2D eigenvalue weighted by molar-refractivity contribution is 4.81. The highest BCUT2D eigenvalue weighted by atomic mass is 16.5. The fourth-order valence-electron chi connectivity index (χ4n) is 0.635. The van der Waals surface area contributed by atoms with Gasteiger partial charge < -0.3 is 10.5 Å². The van der Waals surface area contributed by atoms with Gasteiger partial charge in [0.05, 0.1) is 6.61 Å². The van der Waals surface area contributed by atoms with E-state index in [0.29, 0.717) is 13.2 Å². The van der Waals surface area contributed by atoms with Gasteiger partial charge in [-0.1, -0.05) is 26.0 Å². The van der Waals surface area contributed by atoms with Crippen molar-refractivity contribution in [2.45, 2.75) is 20.3 Å². The molecule has 0 saturated carbocycles. The van der Waals surface area contributed by atoms with E-state index in [4.69, 9.17) is 10.5 Å². The van der Waals surface area contributed by atoms with E-state index in [1.165, 1.54) is 0 Å². The van der Waals surface area contributed by atoms with Crippen LogP contribution in [0, 0.1) is 5.92 Å². The zero-order valence-electron chi connectivity index (χ0n) is 7.55. The summed E-state index contributed by atoms with van der Waals surface area (Å²) in [5, 5.41) is 0. The molecular weight excluding hydrogens is 138 g/mol. The predicted octanol–water partition coefficient (Wildman–Crippen LogP) is 1.56. The van der Waals surface area contributed by atoms with E-state index in [0.717, 1.165) is 18.9 Å². The average molecular weight is 157 g/mol. The van der Waals surface area contributed by atoms with Crippen LogP contribution in [-0.2, 0) is 4.74 Å². The Hall–Kier alpha value is -0.340. The molecule has 0 unspecified atom stereocenters. The van der Waals surface area contributed by atoms with E-state index in [2.05, 4.69) is 13.8 Å². The third-order valence-corrected chi connectivity index (χ3v) is 1.36. The largest absolute Gasteiger partial charge is 0.377 e. The summed E-state index contributed by atoms with van der Waals surface area (Å²) in [7, 11) is 0. The first kappa shape index (κ1) is 10.7. The van der Waals surface area contributed by atoms with Crippen molar-refractivity contribution in [2.24, 2.45) is 11.7 Å². The number of nitrogens with two attached hydrogens (primary N) is 1. The van der Waals surface area contributed by atoms with Crippen molar-refractivity contribution in [1.82, 2.24) is 0 Å². The lowest BCUT2D eigenvalue weighted by Crippen LogP contribution is -1.99. The number of ether oxygens (including phenoxy) is 1. The molecule has 2 heteroatoms. The van der Waals surface area contributed by atoms with Crippen LogP contribution in [0.4, 0.5) is 0 Å². The molecule has 0 saturated heterocycles. The molecule has 0 amide bonds. The van der Waals surface area contributed by atoms with Gasteiger partial charge in [-0.3, -0.25) is 0 Å². The van der Waals surface area contributed by atoms with Gasteiger partial charge in [0.25, 0.3) is 0 Å². The molecule has 0 aromatic heterocycles. The third-order valence-electron chi connectivity index (χ3n) is 1.36. The van der Waals surface area contributed by atoms with Crippen molar-refractivity contribution < 1.29 is 4.74 Å². The van der Waals surface area contributed by atoms with Crippen LogP contribution in [0.15, 0.2) is 12.2 Å². The van der Waals surface area contributed by atoms with E-state index in [9.17, 15) is 0 Å². The van der Waals surface area contributed by atoms with Crippen molar-refractivity contribution >= 4 is 0 Å². The van der Waals surface area contributed by atoms with Crippen LogP contribution in [0.1, 0.15) is 20.3 Å². The summed E-state index contributed by atoms with van der Waals surface area (Å²) in [4.78, 5) is 0. The molecule has 2 N–H and O–H groups in total. The first-order valence-electron chi connectivity index (χ1n) is 4.20. The Morgan fingerprint density at radius 2 is 2.09 bits per heavy atom. The van der Waals surface area contributed by atoms with Crippen LogP contribution in [0.2, 0.25) is 0 Å². The summed E-state index contributed by atoms with van der Waals surface area (Å²) >= 11 is 0. The summed E-state index contributed by atoms with van der Waals surface area (Å²) in [5.41, 5.74) is 5.25. The molecule has 0 aliphatic carbocycles. The smallest absolute Gasteiger partial charge is 0.0647 e. The summed E-state index contributed by atoms with van der Waals surface area (Å²) < 4.78 is 5.30. The maximum absolute atomic E-state index is 5.30. The normalized spacial score (nSPS) is 11.6. The maximum atomic E-state index is 5.30. The lowest BCUT2D eigenvalue weighted by atomic mass is 10.1. The van der Waals surface area contributed by atoms with Crippen LogP contribution in [0.25, 0.3) is 0 Å². The Morgan fingerprint density at radius 1 is 1.36 bits per heavy atom. The standard InChI is InChI=1S/C9H19NO/c1-9(2)5-8-11-7-4-3-6-10/h3-4,9H,5-8,10H2,1-2H3. The molecule has 0 radical (unpaired) electrons. The zero-order valence-corrected chi connectivity index (χ0v) is 7.55. The Bertz CT molecular complexity index is 99.7. The molecule has 0 aromatic rings. The molecule has 0 fully saturated rings. The van der Waals surface area contributed by atoms with Gasteiger partial charge in [-0.2, -0.15) is 0 Å². The molecule has 11 heavy (non-hydrogen) atoms. The second-order valence-electron chi connectivity index (χ2n) is 2.96. The molecule has 66 valence electrons. The van der Waals surface area contributed by atoms with Crippen LogP contribution in [-0.4, -0.2) is 19.8 Å². The van der Waals surface area contributed by atoms with Crippen LogP contribution >= 0.6 is 0 Å². The maximum Gasteiger partial charge on any atom is 0.0647 e. The molecule has 0 aromatic carbocycles. The number of hydrogen-bond donors (Lipinski definition) is 1. The molecule has 0 rings (SSSR count). The van der Waals surface area contributed by atoms with Crippen LogP contribution in [0.3, 0.4) is 0 Å². The second-order valence-corrected chi connectivity index (χ2v) is 2.96. The Morgan fingerprint density at radius 3 is 2.64 bits per heavy atom. The van der Waals surface area contributed by atoms with Gasteiger partial charge in [0, 0.05) is 13.2 Å². The van der Waals surface area contributed by atoms with Crippen molar-refractivity contribution in [1.29, 1.82) is 0 Å². The minimum absolute atomic E-state index is 0.605. The molecule has 0 spiro atoms. The highest BCUT2D eigenvalue weighted by Crippen LogP contribution is 1.98. The van der Waals surface area contributed by atoms with Gasteiger partial charge in [-0.15, -0.1) is 0 Å². The summed E-state index contributed by atoms with van der Waals surface area (Å²) in [6.07, 6.45) is 5.01. The van der Waals surface area contributed by atoms with Crippen molar-refractivity contribution in [3.8, 4) is 0 Å². The Kier molecular flexibility index (Phi) is 7.52. The van der Waals surface area contributed by atoms with Crippen molar-refractivity contribution in [3.63, 3.8) is 0 Å². The van der Waals surface area contributed by atoms with Crippen molar-refractivity contribution in [2.75, 3.05) is 19.8 Å².